The monoisotopic (exact) mass is 427 g/mol. The Hall–Kier alpha value is -2.60. The van der Waals surface area contributed by atoms with E-state index in [1.54, 1.807) is 35.5 Å². The van der Waals surface area contributed by atoms with Gasteiger partial charge in [0.1, 0.15) is 11.5 Å². The van der Waals surface area contributed by atoms with E-state index in [2.05, 4.69) is 23.1 Å². The van der Waals surface area contributed by atoms with Crippen LogP contribution in [0.4, 0.5) is 0 Å². The average Bonchev–Trinajstić information content (AvgIpc) is 3.42. The van der Waals surface area contributed by atoms with Crippen molar-refractivity contribution in [2.45, 2.75) is 37.8 Å². The van der Waals surface area contributed by atoms with Gasteiger partial charge in [-0.15, -0.1) is 0 Å². The predicted octanol–water partition coefficient (Wildman–Crippen LogP) is 4.50. The molecule has 1 aliphatic carbocycles. The number of benzene rings is 2. The van der Waals surface area contributed by atoms with Gasteiger partial charge in [0.05, 0.1) is 35.5 Å². The summed E-state index contributed by atoms with van der Waals surface area (Å²) in [5.74, 6) is 4.86. The summed E-state index contributed by atoms with van der Waals surface area (Å²) in [7, 11) is 8.40. The molecule has 0 unspecified atom stereocenters. The highest BCUT2D eigenvalue weighted by atomic mass is 16.5. The van der Waals surface area contributed by atoms with Crippen molar-refractivity contribution in [3.05, 3.63) is 41.5 Å². The number of methoxy groups -OCH3 is 5. The standard InChI is InChI=1S/C25H33NO5/c1-27-18-10-9-16(22(13-18)28-2)14-26-15-20(19-7-6-8-21(19)26)17-11-23(29-3)25(31-5)24(12-17)30-4/h9-13,19-21H,6-8,14-15H2,1-5H3/t19-,20+,21+/m0/s1. The van der Waals surface area contributed by atoms with E-state index in [0.29, 0.717) is 23.6 Å². The minimum atomic E-state index is 0.436. The zero-order valence-corrected chi connectivity index (χ0v) is 19.1. The molecular formula is C25H33NO5. The van der Waals surface area contributed by atoms with Gasteiger partial charge in [-0.1, -0.05) is 12.5 Å². The van der Waals surface area contributed by atoms with Gasteiger partial charge in [-0.3, -0.25) is 4.90 Å². The summed E-state index contributed by atoms with van der Waals surface area (Å²) in [4.78, 5) is 2.62. The lowest BCUT2D eigenvalue weighted by Gasteiger charge is -2.24. The van der Waals surface area contributed by atoms with E-state index in [9.17, 15) is 0 Å². The number of fused-ring (bicyclic) bond motifs is 1. The smallest absolute Gasteiger partial charge is 0.203 e. The molecule has 2 aliphatic rings. The molecule has 1 aliphatic heterocycles. The van der Waals surface area contributed by atoms with Crippen LogP contribution in [-0.2, 0) is 6.54 Å². The van der Waals surface area contributed by atoms with Crippen molar-refractivity contribution < 1.29 is 23.7 Å². The van der Waals surface area contributed by atoms with Crippen molar-refractivity contribution in [3.8, 4) is 28.7 Å². The van der Waals surface area contributed by atoms with Crippen LogP contribution in [0, 0.1) is 5.92 Å². The molecule has 6 nitrogen and oxygen atoms in total. The zero-order valence-electron chi connectivity index (χ0n) is 19.1. The van der Waals surface area contributed by atoms with Gasteiger partial charge in [0, 0.05) is 36.7 Å². The lowest BCUT2D eigenvalue weighted by Crippen LogP contribution is -2.29. The largest absolute Gasteiger partial charge is 0.497 e. The second-order valence-corrected chi connectivity index (χ2v) is 8.33. The Labute approximate surface area is 185 Å². The molecule has 0 bridgehead atoms. The van der Waals surface area contributed by atoms with Crippen molar-refractivity contribution in [2.24, 2.45) is 5.92 Å². The van der Waals surface area contributed by atoms with E-state index in [4.69, 9.17) is 23.7 Å². The first kappa shape index (κ1) is 21.6. The van der Waals surface area contributed by atoms with Gasteiger partial charge in [0.25, 0.3) is 0 Å². The quantitative estimate of drug-likeness (QED) is 0.618. The highest BCUT2D eigenvalue weighted by Crippen LogP contribution is 2.50. The maximum absolute atomic E-state index is 5.65. The highest BCUT2D eigenvalue weighted by molar-refractivity contribution is 5.55. The lowest BCUT2D eigenvalue weighted by molar-refractivity contribution is 0.229. The van der Waals surface area contributed by atoms with E-state index in [1.807, 2.05) is 12.1 Å². The minimum Gasteiger partial charge on any atom is -0.497 e. The van der Waals surface area contributed by atoms with Crippen LogP contribution in [0.3, 0.4) is 0 Å². The Kier molecular flexibility index (Phi) is 6.46. The van der Waals surface area contributed by atoms with Gasteiger partial charge in [-0.25, -0.2) is 0 Å². The Morgan fingerprint density at radius 2 is 1.52 bits per heavy atom. The van der Waals surface area contributed by atoms with E-state index in [0.717, 1.165) is 36.1 Å². The van der Waals surface area contributed by atoms with E-state index in [1.165, 1.54) is 30.4 Å². The van der Waals surface area contributed by atoms with Crippen molar-refractivity contribution in [1.29, 1.82) is 0 Å². The predicted molar refractivity (Wildman–Crippen MR) is 120 cm³/mol. The van der Waals surface area contributed by atoms with Gasteiger partial charge >= 0.3 is 0 Å². The molecule has 0 N–H and O–H groups in total. The minimum absolute atomic E-state index is 0.436. The van der Waals surface area contributed by atoms with E-state index < -0.39 is 0 Å². The summed E-state index contributed by atoms with van der Waals surface area (Å²) in [5, 5.41) is 0. The molecule has 31 heavy (non-hydrogen) atoms. The van der Waals surface area contributed by atoms with Crippen LogP contribution in [0.2, 0.25) is 0 Å². The van der Waals surface area contributed by atoms with E-state index in [-0.39, 0.29) is 0 Å². The molecule has 6 heteroatoms. The van der Waals surface area contributed by atoms with Gasteiger partial charge in [0.2, 0.25) is 5.75 Å². The summed E-state index contributed by atoms with van der Waals surface area (Å²) < 4.78 is 27.8. The van der Waals surface area contributed by atoms with Crippen LogP contribution in [0.15, 0.2) is 30.3 Å². The molecule has 2 aromatic rings. The molecule has 3 atom stereocenters. The molecule has 2 fully saturated rings. The fourth-order valence-corrected chi connectivity index (χ4v) is 5.47. The van der Waals surface area contributed by atoms with Gasteiger partial charge in [0.15, 0.2) is 11.5 Å². The maximum Gasteiger partial charge on any atom is 0.203 e. The summed E-state index contributed by atoms with van der Waals surface area (Å²) in [6.45, 7) is 1.87. The molecule has 0 spiro atoms. The molecule has 1 saturated heterocycles. The first-order chi connectivity index (χ1) is 15.1. The number of ether oxygens (including phenoxy) is 5. The third kappa shape index (κ3) is 4.01. The first-order valence-corrected chi connectivity index (χ1v) is 10.9. The normalized spacial score (nSPS) is 22.8. The zero-order chi connectivity index (χ0) is 22.0. The van der Waals surface area contributed by atoms with Crippen molar-refractivity contribution >= 4 is 0 Å². The molecule has 1 heterocycles. The van der Waals surface area contributed by atoms with Crippen LogP contribution in [0.1, 0.15) is 36.3 Å². The Bertz CT molecular complexity index is 890. The van der Waals surface area contributed by atoms with Crippen molar-refractivity contribution in [3.63, 3.8) is 0 Å². The van der Waals surface area contributed by atoms with Gasteiger partial charge in [-0.05, 0) is 42.5 Å². The summed E-state index contributed by atoms with van der Waals surface area (Å²) in [6, 6.07) is 10.9. The lowest BCUT2D eigenvalue weighted by atomic mass is 9.86. The summed E-state index contributed by atoms with van der Waals surface area (Å²) in [5.41, 5.74) is 2.45. The number of rotatable bonds is 8. The maximum atomic E-state index is 5.65. The molecule has 0 aromatic heterocycles. The third-order valence-electron chi connectivity index (χ3n) is 6.93. The van der Waals surface area contributed by atoms with Crippen LogP contribution in [0.25, 0.3) is 0 Å². The Morgan fingerprint density at radius 3 is 2.13 bits per heavy atom. The molecule has 4 rings (SSSR count). The molecular weight excluding hydrogens is 394 g/mol. The third-order valence-corrected chi connectivity index (χ3v) is 6.93. The first-order valence-electron chi connectivity index (χ1n) is 10.9. The van der Waals surface area contributed by atoms with Crippen LogP contribution in [-0.4, -0.2) is 53.0 Å². The Balaban J connectivity index is 1.63. The fourth-order valence-electron chi connectivity index (χ4n) is 5.47. The number of hydrogen-bond acceptors (Lipinski definition) is 6. The summed E-state index contributed by atoms with van der Waals surface area (Å²) >= 11 is 0. The molecule has 0 radical (unpaired) electrons. The number of nitrogens with zero attached hydrogens (tertiary/aromatic N) is 1. The topological polar surface area (TPSA) is 49.4 Å². The molecule has 1 saturated carbocycles. The van der Waals surface area contributed by atoms with Gasteiger partial charge in [-0.2, -0.15) is 0 Å². The SMILES string of the molecule is COc1ccc(CN2C[C@H](c3cc(OC)c(OC)c(OC)c3)[C@@H]3CCC[C@H]32)c(OC)c1. The molecule has 168 valence electrons. The molecule has 2 aromatic carbocycles. The number of likely N-dealkylation sites (tertiary alicyclic amines) is 1. The van der Waals surface area contributed by atoms with Crippen LogP contribution >= 0.6 is 0 Å². The van der Waals surface area contributed by atoms with Crippen molar-refractivity contribution in [2.75, 3.05) is 42.1 Å². The van der Waals surface area contributed by atoms with Crippen LogP contribution < -0.4 is 23.7 Å². The fraction of sp³-hybridized carbons (Fsp3) is 0.520. The second kappa shape index (κ2) is 9.27. The van der Waals surface area contributed by atoms with Crippen molar-refractivity contribution in [1.82, 2.24) is 4.90 Å². The van der Waals surface area contributed by atoms with Crippen LogP contribution in [0.5, 0.6) is 28.7 Å². The summed E-state index contributed by atoms with van der Waals surface area (Å²) in [6.07, 6.45) is 3.76. The van der Waals surface area contributed by atoms with E-state index >= 15 is 0 Å². The highest BCUT2D eigenvalue weighted by Gasteiger charge is 2.45. The number of hydrogen-bond donors (Lipinski definition) is 0. The second-order valence-electron chi connectivity index (χ2n) is 8.33. The molecule has 0 amide bonds. The Morgan fingerprint density at radius 1 is 0.806 bits per heavy atom. The average molecular weight is 428 g/mol. The van der Waals surface area contributed by atoms with Gasteiger partial charge < -0.3 is 23.7 Å².